The van der Waals surface area contributed by atoms with E-state index in [1.165, 1.54) is 12.1 Å². The van der Waals surface area contributed by atoms with E-state index in [1.807, 2.05) is 13.8 Å². The van der Waals surface area contributed by atoms with Gasteiger partial charge >= 0.3 is 5.97 Å². The maximum atomic E-state index is 13.7. The highest BCUT2D eigenvalue weighted by Gasteiger charge is 2.15. The third kappa shape index (κ3) is 3.70. The summed E-state index contributed by atoms with van der Waals surface area (Å²) < 4.78 is 13.7. The maximum absolute atomic E-state index is 13.7. The van der Waals surface area contributed by atoms with E-state index in [4.69, 9.17) is 10.2 Å². The number of carboxylic acid groups (broad SMARTS) is 1. The second kappa shape index (κ2) is 6.35. The second-order valence-electron chi connectivity index (χ2n) is 4.51. The first kappa shape index (κ1) is 14.4. The second-order valence-corrected chi connectivity index (χ2v) is 4.51. The van der Waals surface area contributed by atoms with Gasteiger partial charge in [0.1, 0.15) is 5.82 Å². The molecule has 100 valence electrons. The zero-order valence-corrected chi connectivity index (χ0v) is 10.5. The largest absolute Gasteiger partial charge is 0.478 e. The van der Waals surface area contributed by atoms with E-state index in [1.54, 1.807) is 0 Å². The van der Waals surface area contributed by atoms with Crippen LogP contribution in [0.2, 0.25) is 0 Å². The minimum Gasteiger partial charge on any atom is -0.478 e. The van der Waals surface area contributed by atoms with Crippen molar-refractivity contribution in [2.45, 2.75) is 26.3 Å². The summed E-state index contributed by atoms with van der Waals surface area (Å²) in [6, 6.07) is 3.69. The Bertz CT molecular complexity index is 421. The molecule has 0 aliphatic carbocycles. The standard InChI is InChI=1S/C13H18FNO3/c1-8(2)11(5-6-16)15-12-4-3-9(13(17)18)7-10(12)14/h3-4,7-8,11,15-16H,5-6H2,1-2H3,(H,17,18). The third-order valence-electron chi connectivity index (χ3n) is 2.80. The zero-order chi connectivity index (χ0) is 13.7. The van der Waals surface area contributed by atoms with Gasteiger partial charge in [-0.3, -0.25) is 0 Å². The molecular formula is C13H18FNO3. The number of aliphatic hydroxyl groups excluding tert-OH is 1. The fourth-order valence-electron chi connectivity index (χ4n) is 1.68. The Labute approximate surface area is 105 Å². The number of benzene rings is 1. The number of rotatable bonds is 6. The van der Waals surface area contributed by atoms with Gasteiger partial charge in [0.05, 0.1) is 11.3 Å². The summed E-state index contributed by atoms with van der Waals surface area (Å²) in [5.74, 6) is -1.52. The quantitative estimate of drug-likeness (QED) is 0.729. The van der Waals surface area contributed by atoms with Crippen LogP contribution in [-0.4, -0.2) is 28.8 Å². The molecule has 0 fully saturated rings. The lowest BCUT2D eigenvalue weighted by Gasteiger charge is -2.23. The van der Waals surface area contributed by atoms with Gasteiger partial charge in [-0.2, -0.15) is 0 Å². The molecule has 0 saturated heterocycles. The van der Waals surface area contributed by atoms with Crippen LogP contribution < -0.4 is 5.32 Å². The van der Waals surface area contributed by atoms with Crippen molar-refractivity contribution in [3.63, 3.8) is 0 Å². The Kier molecular flexibility index (Phi) is 5.09. The lowest BCUT2D eigenvalue weighted by Crippen LogP contribution is -2.27. The molecule has 0 aliphatic rings. The average molecular weight is 255 g/mol. The number of hydrogen-bond acceptors (Lipinski definition) is 3. The molecule has 3 N–H and O–H groups in total. The molecule has 4 nitrogen and oxygen atoms in total. The molecule has 1 aromatic rings. The van der Waals surface area contributed by atoms with Crippen molar-refractivity contribution in [3.05, 3.63) is 29.6 Å². The number of carbonyl (C=O) groups is 1. The number of hydrogen-bond donors (Lipinski definition) is 3. The van der Waals surface area contributed by atoms with Gasteiger partial charge in [-0.05, 0) is 30.5 Å². The van der Waals surface area contributed by atoms with Crippen LogP contribution in [0.1, 0.15) is 30.6 Å². The van der Waals surface area contributed by atoms with Crippen molar-refractivity contribution in [1.29, 1.82) is 0 Å². The molecule has 1 atom stereocenters. The van der Waals surface area contributed by atoms with E-state index in [0.29, 0.717) is 6.42 Å². The van der Waals surface area contributed by atoms with Crippen LogP contribution in [0.3, 0.4) is 0 Å². The van der Waals surface area contributed by atoms with E-state index >= 15 is 0 Å². The Morgan fingerprint density at radius 1 is 1.44 bits per heavy atom. The molecule has 0 aliphatic heterocycles. The van der Waals surface area contributed by atoms with E-state index in [2.05, 4.69) is 5.32 Å². The predicted octanol–water partition coefficient (Wildman–Crippen LogP) is 2.34. The smallest absolute Gasteiger partial charge is 0.335 e. The van der Waals surface area contributed by atoms with E-state index in [-0.39, 0.29) is 29.8 Å². The minimum absolute atomic E-state index is 0.0185. The van der Waals surface area contributed by atoms with E-state index in [0.717, 1.165) is 6.07 Å². The molecule has 1 rings (SSSR count). The normalized spacial score (nSPS) is 12.5. The number of nitrogens with one attached hydrogen (secondary N) is 1. The first-order valence-corrected chi connectivity index (χ1v) is 5.86. The van der Waals surface area contributed by atoms with Gasteiger partial charge in [0.15, 0.2) is 0 Å². The highest BCUT2D eigenvalue weighted by Crippen LogP contribution is 2.20. The summed E-state index contributed by atoms with van der Waals surface area (Å²) in [5, 5.41) is 20.7. The van der Waals surface area contributed by atoms with Crippen LogP contribution in [0.25, 0.3) is 0 Å². The fourth-order valence-corrected chi connectivity index (χ4v) is 1.68. The van der Waals surface area contributed by atoms with Crippen LogP contribution in [0.4, 0.5) is 10.1 Å². The predicted molar refractivity (Wildman–Crippen MR) is 67.3 cm³/mol. The van der Waals surface area contributed by atoms with Crippen LogP contribution >= 0.6 is 0 Å². The van der Waals surface area contributed by atoms with E-state index in [9.17, 15) is 9.18 Å². The van der Waals surface area contributed by atoms with Crippen LogP contribution in [0.15, 0.2) is 18.2 Å². The van der Waals surface area contributed by atoms with Crippen LogP contribution in [0.5, 0.6) is 0 Å². The van der Waals surface area contributed by atoms with Crippen molar-refractivity contribution in [2.75, 3.05) is 11.9 Å². The van der Waals surface area contributed by atoms with Crippen LogP contribution in [-0.2, 0) is 0 Å². The molecule has 1 unspecified atom stereocenters. The number of carboxylic acids is 1. The molecule has 0 amide bonds. The highest BCUT2D eigenvalue weighted by atomic mass is 19.1. The molecule has 5 heteroatoms. The summed E-state index contributed by atoms with van der Waals surface area (Å²) in [4.78, 5) is 10.7. The molecule has 18 heavy (non-hydrogen) atoms. The Morgan fingerprint density at radius 2 is 2.11 bits per heavy atom. The van der Waals surface area contributed by atoms with Crippen LogP contribution in [0, 0.1) is 11.7 Å². The van der Waals surface area contributed by atoms with Crippen molar-refractivity contribution >= 4 is 11.7 Å². The highest BCUT2D eigenvalue weighted by molar-refractivity contribution is 5.88. The van der Waals surface area contributed by atoms with Crippen molar-refractivity contribution in [2.24, 2.45) is 5.92 Å². The van der Waals surface area contributed by atoms with Crippen molar-refractivity contribution < 1.29 is 19.4 Å². The Balaban J connectivity index is 2.86. The first-order valence-electron chi connectivity index (χ1n) is 5.86. The minimum atomic E-state index is -1.16. The van der Waals surface area contributed by atoms with Gasteiger partial charge in [-0.25, -0.2) is 9.18 Å². The first-order chi connectivity index (χ1) is 8.45. The fraction of sp³-hybridized carbons (Fsp3) is 0.462. The number of halogens is 1. The van der Waals surface area contributed by atoms with Gasteiger partial charge in [-0.1, -0.05) is 13.8 Å². The average Bonchev–Trinajstić information content (AvgIpc) is 2.30. The van der Waals surface area contributed by atoms with Gasteiger partial charge in [-0.15, -0.1) is 0 Å². The molecule has 0 bridgehead atoms. The Morgan fingerprint density at radius 3 is 2.56 bits per heavy atom. The molecule has 1 aromatic carbocycles. The summed E-state index contributed by atoms with van der Waals surface area (Å²) >= 11 is 0. The molecule has 0 saturated carbocycles. The third-order valence-corrected chi connectivity index (χ3v) is 2.80. The number of anilines is 1. The van der Waals surface area contributed by atoms with Gasteiger partial charge in [0.25, 0.3) is 0 Å². The molecular weight excluding hydrogens is 237 g/mol. The Hall–Kier alpha value is -1.62. The SMILES string of the molecule is CC(C)C(CCO)Nc1ccc(C(=O)O)cc1F. The molecule has 0 spiro atoms. The monoisotopic (exact) mass is 255 g/mol. The number of aromatic carboxylic acids is 1. The summed E-state index contributed by atoms with van der Waals surface area (Å²) in [6.45, 7) is 3.96. The summed E-state index contributed by atoms with van der Waals surface area (Å²) in [7, 11) is 0. The molecule has 0 aromatic heterocycles. The molecule has 0 radical (unpaired) electrons. The van der Waals surface area contributed by atoms with Crippen molar-refractivity contribution in [3.8, 4) is 0 Å². The summed E-state index contributed by atoms with van der Waals surface area (Å²) in [6.07, 6.45) is 0.512. The maximum Gasteiger partial charge on any atom is 0.335 e. The summed E-state index contributed by atoms with van der Waals surface area (Å²) in [5.41, 5.74) is 0.174. The lowest BCUT2D eigenvalue weighted by atomic mass is 10.0. The van der Waals surface area contributed by atoms with Gasteiger partial charge in [0, 0.05) is 12.6 Å². The van der Waals surface area contributed by atoms with Crippen molar-refractivity contribution in [1.82, 2.24) is 0 Å². The van der Waals surface area contributed by atoms with E-state index < -0.39 is 11.8 Å². The van der Waals surface area contributed by atoms with Gasteiger partial charge in [0.2, 0.25) is 0 Å². The number of aliphatic hydroxyl groups is 1. The molecule has 0 heterocycles. The lowest BCUT2D eigenvalue weighted by molar-refractivity contribution is 0.0696. The topological polar surface area (TPSA) is 69.6 Å². The van der Waals surface area contributed by atoms with Gasteiger partial charge < -0.3 is 15.5 Å². The zero-order valence-electron chi connectivity index (χ0n) is 10.5.